The van der Waals surface area contributed by atoms with Crippen LogP contribution in [0.25, 0.3) is 11.1 Å². The third kappa shape index (κ3) is 4.45. The van der Waals surface area contributed by atoms with Crippen molar-refractivity contribution in [2.24, 2.45) is 0 Å². The first-order chi connectivity index (χ1) is 14.9. The Kier molecular flexibility index (Phi) is 6.03. The second kappa shape index (κ2) is 8.73. The zero-order chi connectivity index (χ0) is 22.0. The van der Waals surface area contributed by atoms with Crippen molar-refractivity contribution in [1.82, 2.24) is 4.90 Å². The highest BCUT2D eigenvalue weighted by molar-refractivity contribution is 7.92. The van der Waals surface area contributed by atoms with E-state index in [0.717, 1.165) is 47.3 Å². The molecule has 0 amide bonds. The topological polar surface area (TPSA) is 58.6 Å². The number of ether oxygens (including phenoxy) is 1. The molecule has 0 bridgehead atoms. The second-order valence-corrected chi connectivity index (χ2v) is 9.81. The van der Waals surface area contributed by atoms with Gasteiger partial charge in [0, 0.05) is 11.6 Å². The molecule has 0 aliphatic heterocycles. The molecule has 0 saturated heterocycles. The SMILES string of the molecule is COc1ccc(NS(=O)(=O)c2ccc(-c3ccccc3)cc2)c2c1C[C@@H](N(C)C)CC2. The summed E-state index contributed by atoms with van der Waals surface area (Å²) < 4.78 is 34.6. The lowest BCUT2D eigenvalue weighted by Gasteiger charge is -2.32. The van der Waals surface area contributed by atoms with Gasteiger partial charge in [-0.05, 0) is 74.3 Å². The fourth-order valence-corrected chi connectivity index (χ4v) is 5.31. The van der Waals surface area contributed by atoms with Crippen molar-refractivity contribution in [3.05, 3.63) is 77.9 Å². The lowest BCUT2D eigenvalue weighted by atomic mass is 9.86. The monoisotopic (exact) mass is 436 g/mol. The van der Waals surface area contributed by atoms with Crippen LogP contribution < -0.4 is 9.46 Å². The maximum Gasteiger partial charge on any atom is 0.261 e. The molecule has 3 aromatic rings. The van der Waals surface area contributed by atoms with Gasteiger partial charge in [0.25, 0.3) is 10.0 Å². The van der Waals surface area contributed by atoms with Crippen LogP contribution in [0.5, 0.6) is 5.75 Å². The van der Waals surface area contributed by atoms with Crippen LogP contribution in [-0.2, 0) is 22.9 Å². The Hall–Kier alpha value is -2.83. The van der Waals surface area contributed by atoms with Crippen molar-refractivity contribution >= 4 is 15.7 Å². The standard InChI is InChI=1S/C25H28N2O3S/c1-27(2)20-11-14-22-23(17-20)25(30-3)16-15-24(22)26-31(28,29)21-12-9-19(10-13-21)18-7-5-4-6-8-18/h4-10,12-13,15-16,20,26H,11,14,17H2,1-3H3/t20-/m0/s1. The maximum atomic E-state index is 13.1. The highest BCUT2D eigenvalue weighted by Crippen LogP contribution is 2.36. The van der Waals surface area contributed by atoms with Gasteiger partial charge in [-0.3, -0.25) is 4.72 Å². The van der Waals surface area contributed by atoms with Crippen molar-refractivity contribution in [2.75, 3.05) is 25.9 Å². The smallest absolute Gasteiger partial charge is 0.261 e. The van der Waals surface area contributed by atoms with Gasteiger partial charge in [-0.1, -0.05) is 42.5 Å². The number of nitrogens with one attached hydrogen (secondary N) is 1. The van der Waals surface area contributed by atoms with Gasteiger partial charge in [0.05, 0.1) is 17.7 Å². The highest BCUT2D eigenvalue weighted by Gasteiger charge is 2.27. The van der Waals surface area contributed by atoms with E-state index in [1.165, 1.54) is 0 Å². The number of sulfonamides is 1. The van der Waals surface area contributed by atoms with E-state index in [2.05, 4.69) is 23.7 Å². The van der Waals surface area contributed by atoms with Crippen LogP contribution in [0.2, 0.25) is 0 Å². The second-order valence-electron chi connectivity index (χ2n) is 8.13. The Labute approximate surface area is 184 Å². The summed E-state index contributed by atoms with van der Waals surface area (Å²) in [5.41, 5.74) is 4.80. The third-order valence-corrected chi connectivity index (χ3v) is 7.40. The van der Waals surface area contributed by atoms with Gasteiger partial charge in [-0.25, -0.2) is 8.42 Å². The van der Waals surface area contributed by atoms with Gasteiger partial charge in [0.2, 0.25) is 0 Å². The van der Waals surface area contributed by atoms with E-state index in [1.54, 1.807) is 19.2 Å². The number of fused-ring (bicyclic) bond motifs is 1. The molecular weight excluding hydrogens is 408 g/mol. The van der Waals surface area contributed by atoms with Crippen molar-refractivity contribution in [3.8, 4) is 16.9 Å². The summed E-state index contributed by atoms with van der Waals surface area (Å²) in [4.78, 5) is 2.46. The van der Waals surface area contributed by atoms with Crippen LogP contribution >= 0.6 is 0 Å². The Morgan fingerprint density at radius 2 is 1.58 bits per heavy atom. The van der Waals surface area contributed by atoms with Gasteiger partial charge in [-0.2, -0.15) is 0 Å². The fourth-order valence-electron chi connectivity index (χ4n) is 4.22. The average molecular weight is 437 g/mol. The Morgan fingerprint density at radius 3 is 2.23 bits per heavy atom. The molecule has 31 heavy (non-hydrogen) atoms. The number of hydrogen-bond acceptors (Lipinski definition) is 4. The number of methoxy groups -OCH3 is 1. The molecule has 0 saturated carbocycles. The summed E-state index contributed by atoms with van der Waals surface area (Å²) >= 11 is 0. The van der Waals surface area contributed by atoms with Crippen LogP contribution in [-0.4, -0.2) is 40.6 Å². The summed E-state index contributed by atoms with van der Waals surface area (Å²) in [6, 6.07) is 21.0. The summed E-state index contributed by atoms with van der Waals surface area (Å²) in [5.74, 6) is 0.816. The molecule has 1 aliphatic carbocycles. The normalized spacial score (nSPS) is 16.1. The summed E-state index contributed by atoms with van der Waals surface area (Å²) in [6.07, 6.45) is 2.63. The van der Waals surface area contributed by atoms with E-state index < -0.39 is 10.0 Å². The maximum absolute atomic E-state index is 13.1. The minimum Gasteiger partial charge on any atom is -0.496 e. The van der Waals surface area contributed by atoms with Crippen molar-refractivity contribution < 1.29 is 13.2 Å². The zero-order valence-corrected chi connectivity index (χ0v) is 18.9. The minimum atomic E-state index is -3.70. The number of anilines is 1. The first-order valence-electron chi connectivity index (χ1n) is 10.4. The molecule has 1 aliphatic rings. The number of rotatable bonds is 6. The molecule has 5 nitrogen and oxygen atoms in total. The summed E-state index contributed by atoms with van der Waals surface area (Å²) in [5, 5.41) is 0. The number of likely N-dealkylation sites (N-methyl/N-ethyl adjacent to an activating group) is 1. The lowest BCUT2D eigenvalue weighted by molar-refractivity contribution is 0.265. The molecule has 0 spiro atoms. The quantitative estimate of drug-likeness (QED) is 0.614. The molecule has 0 unspecified atom stereocenters. The minimum absolute atomic E-state index is 0.249. The van der Waals surface area contributed by atoms with Crippen molar-refractivity contribution in [1.29, 1.82) is 0 Å². The molecule has 162 valence electrons. The Morgan fingerprint density at radius 1 is 0.903 bits per heavy atom. The molecule has 6 heteroatoms. The highest BCUT2D eigenvalue weighted by atomic mass is 32.2. The van der Waals surface area contributed by atoms with Gasteiger partial charge in [0.1, 0.15) is 5.75 Å². The summed E-state index contributed by atoms with van der Waals surface area (Å²) in [6.45, 7) is 0. The fraction of sp³-hybridized carbons (Fsp3) is 0.280. The van der Waals surface area contributed by atoms with E-state index in [0.29, 0.717) is 11.7 Å². The molecular formula is C25H28N2O3S. The van der Waals surface area contributed by atoms with Gasteiger partial charge >= 0.3 is 0 Å². The Balaban J connectivity index is 1.62. The first-order valence-corrected chi connectivity index (χ1v) is 11.9. The van der Waals surface area contributed by atoms with Gasteiger partial charge in [-0.15, -0.1) is 0 Å². The van der Waals surface area contributed by atoms with Crippen LogP contribution in [0.4, 0.5) is 5.69 Å². The predicted molar refractivity (Wildman–Crippen MR) is 125 cm³/mol. The Bertz CT molecular complexity index is 1160. The molecule has 0 radical (unpaired) electrons. The van der Waals surface area contributed by atoms with Gasteiger partial charge in [0.15, 0.2) is 0 Å². The number of nitrogens with zero attached hydrogens (tertiary/aromatic N) is 1. The van der Waals surface area contributed by atoms with Crippen LogP contribution in [0.15, 0.2) is 71.6 Å². The number of hydrogen-bond donors (Lipinski definition) is 1. The average Bonchev–Trinajstić information content (AvgIpc) is 2.79. The zero-order valence-electron chi connectivity index (χ0n) is 18.1. The molecule has 1 N–H and O–H groups in total. The van der Waals surface area contributed by atoms with Crippen molar-refractivity contribution in [3.63, 3.8) is 0 Å². The van der Waals surface area contributed by atoms with E-state index in [4.69, 9.17) is 4.74 Å². The van der Waals surface area contributed by atoms with E-state index in [9.17, 15) is 8.42 Å². The van der Waals surface area contributed by atoms with Gasteiger partial charge < -0.3 is 9.64 Å². The third-order valence-electron chi connectivity index (χ3n) is 6.02. The molecule has 0 aromatic heterocycles. The number of benzene rings is 3. The molecule has 4 rings (SSSR count). The van der Waals surface area contributed by atoms with E-state index in [-0.39, 0.29) is 4.90 Å². The molecule has 1 atom stereocenters. The molecule has 0 fully saturated rings. The first kappa shape index (κ1) is 21.4. The lowest BCUT2D eigenvalue weighted by Crippen LogP contribution is -2.34. The summed E-state index contributed by atoms with van der Waals surface area (Å²) in [7, 11) is 2.12. The van der Waals surface area contributed by atoms with Crippen LogP contribution in [0.3, 0.4) is 0 Å². The predicted octanol–water partition coefficient (Wildman–Crippen LogP) is 4.58. The molecule has 3 aromatic carbocycles. The van der Waals surface area contributed by atoms with E-state index >= 15 is 0 Å². The van der Waals surface area contributed by atoms with Crippen LogP contribution in [0, 0.1) is 0 Å². The largest absolute Gasteiger partial charge is 0.496 e. The van der Waals surface area contributed by atoms with Crippen molar-refractivity contribution in [2.45, 2.75) is 30.2 Å². The van der Waals surface area contributed by atoms with E-state index in [1.807, 2.05) is 54.6 Å². The van der Waals surface area contributed by atoms with Crippen LogP contribution in [0.1, 0.15) is 17.5 Å². The molecule has 0 heterocycles.